The summed E-state index contributed by atoms with van der Waals surface area (Å²) in [5, 5.41) is 14.3. The van der Waals surface area contributed by atoms with Crippen LogP contribution in [0.1, 0.15) is 57.6 Å². The number of hydrogen-bond acceptors (Lipinski definition) is 6. The molecule has 0 fully saturated rings. The number of hydrogen-bond donors (Lipinski definition) is 0. The molecule has 0 atom stereocenters. The highest BCUT2D eigenvalue weighted by atomic mass is 19.4. The number of alkyl halides is 5. The predicted molar refractivity (Wildman–Crippen MR) is 200 cm³/mol. The number of carbonyl (C=O) groups is 1. The molecule has 13 heteroatoms. The Morgan fingerprint density at radius 3 is 1.71 bits per heavy atom. The van der Waals surface area contributed by atoms with Gasteiger partial charge in [0.2, 0.25) is 5.82 Å². The van der Waals surface area contributed by atoms with Crippen LogP contribution >= 0.6 is 0 Å². The number of aromatic nitrogens is 6. The molecule has 2 aromatic heterocycles. The molecule has 0 radical (unpaired) electrons. The van der Waals surface area contributed by atoms with Crippen LogP contribution < -0.4 is 0 Å². The molecule has 0 N–H and O–H groups in total. The lowest BCUT2D eigenvalue weighted by molar-refractivity contribution is -0.291. The summed E-state index contributed by atoms with van der Waals surface area (Å²) in [6, 6.07) is 44.4. The number of aryl methyl sites for hydroxylation is 1. The fourth-order valence-corrected chi connectivity index (χ4v) is 6.99. The second-order valence-corrected chi connectivity index (χ2v) is 13.1. The van der Waals surface area contributed by atoms with Gasteiger partial charge in [0.25, 0.3) is 0 Å². The molecule has 0 aliphatic heterocycles. The van der Waals surface area contributed by atoms with Gasteiger partial charge in [-0.2, -0.15) is 22.0 Å². The lowest BCUT2D eigenvalue weighted by atomic mass is 9.77. The zero-order valence-corrected chi connectivity index (χ0v) is 30.3. The zero-order chi connectivity index (χ0) is 39.5. The standard InChI is InChI=1S/C43H35F5N6O2/c1-3-15-36-49-38(42(44,45)43(46,47)48)37(40(55)56-2)53(36)28-29-24-26-30(27-25-29)34-22-13-14-23-35(34)39-50-52-54(51-39)41(31-16-7-4-8-17-31,32-18-9-5-10-19-32)33-20-11-6-12-21-33/h4-14,16-27H,3,15,28H2,1-2H3. The summed E-state index contributed by atoms with van der Waals surface area (Å²) in [6.07, 6.45) is -5.54. The van der Waals surface area contributed by atoms with Crippen LogP contribution in [0.15, 0.2) is 140 Å². The third-order valence-corrected chi connectivity index (χ3v) is 9.61. The van der Waals surface area contributed by atoms with Crippen molar-refractivity contribution in [3.8, 4) is 22.5 Å². The van der Waals surface area contributed by atoms with Crippen molar-refractivity contribution >= 4 is 5.97 Å². The van der Waals surface area contributed by atoms with Gasteiger partial charge in [-0.3, -0.25) is 0 Å². The molecule has 0 aliphatic rings. The minimum absolute atomic E-state index is 0.0528. The molecule has 2 heterocycles. The van der Waals surface area contributed by atoms with Gasteiger partial charge in [-0.15, -0.1) is 15.0 Å². The van der Waals surface area contributed by atoms with E-state index in [9.17, 15) is 26.7 Å². The average Bonchev–Trinajstić information content (AvgIpc) is 3.85. The Balaban J connectivity index is 1.28. The van der Waals surface area contributed by atoms with Crippen molar-refractivity contribution in [2.75, 3.05) is 7.11 Å². The van der Waals surface area contributed by atoms with Gasteiger partial charge < -0.3 is 9.30 Å². The molecule has 0 unspecified atom stereocenters. The highest BCUT2D eigenvalue weighted by molar-refractivity contribution is 5.89. The second kappa shape index (κ2) is 15.3. The summed E-state index contributed by atoms with van der Waals surface area (Å²) in [7, 11) is 0.916. The van der Waals surface area contributed by atoms with E-state index in [0.29, 0.717) is 23.4 Å². The number of esters is 1. The largest absolute Gasteiger partial charge is 0.464 e. The summed E-state index contributed by atoms with van der Waals surface area (Å²) in [6.45, 7) is 1.52. The van der Waals surface area contributed by atoms with Crippen LogP contribution in [0.3, 0.4) is 0 Å². The normalized spacial score (nSPS) is 12.1. The molecule has 7 aromatic rings. The first-order valence-electron chi connectivity index (χ1n) is 17.8. The highest BCUT2D eigenvalue weighted by Crippen LogP contribution is 2.45. The lowest BCUT2D eigenvalue weighted by Gasteiger charge is -2.34. The molecule has 0 bridgehead atoms. The Labute approximate surface area is 319 Å². The minimum atomic E-state index is -5.97. The number of halogens is 5. The van der Waals surface area contributed by atoms with E-state index < -0.39 is 35.0 Å². The first-order valence-corrected chi connectivity index (χ1v) is 17.8. The molecule has 0 amide bonds. The zero-order valence-electron chi connectivity index (χ0n) is 30.3. The van der Waals surface area contributed by atoms with Crippen LogP contribution in [0.25, 0.3) is 22.5 Å². The van der Waals surface area contributed by atoms with E-state index in [0.717, 1.165) is 39.5 Å². The number of ether oxygens (including phenoxy) is 1. The van der Waals surface area contributed by atoms with E-state index in [1.807, 2.05) is 115 Å². The maximum atomic E-state index is 14.7. The predicted octanol–water partition coefficient (Wildman–Crippen LogP) is 9.49. The van der Waals surface area contributed by atoms with Gasteiger partial charge in [-0.1, -0.05) is 146 Å². The molecule has 0 saturated carbocycles. The molecule has 7 rings (SSSR count). The number of methoxy groups -OCH3 is 1. The number of benzene rings is 5. The van der Waals surface area contributed by atoms with Crippen LogP contribution in [0, 0.1) is 0 Å². The van der Waals surface area contributed by atoms with Crippen molar-refractivity contribution in [1.29, 1.82) is 0 Å². The van der Waals surface area contributed by atoms with Crippen molar-refractivity contribution in [2.24, 2.45) is 0 Å². The average molecular weight is 763 g/mol. The van der Waals surface area contributed by atoms with Gasteiger partial charge in [0.05, 0.1) is 7.11 Å². The van der Waals surface area contributed by atoms with Gasteiger partial charge in [-0.05, 0) is 45.0 Å². The summed E-state index contributed by atoms with van der Waals surface area (Å²) in [5.74, 6) is -6.45. The monoisotopic (exact) mass is 762 g/mol. The van der Waals surface area contributed by atoms with Gasteiger partial charge >= 0.3 is 18.1 Å². The maximum absolute atomic E-state index is 14.7. The molecule has 284 valence electrons. The van der Waals surface area contributed by atoms with Gasteiger partial charge in [-0.25, -0.2) is 9.78 Å². The van der Waals surface area contributed by atoms with E-state index in [1.165, 1.54) is 0 Å². The van der Waals surface area contributed by atoms with Gasteiger partial charge in [0, 0.05) is 18.5 Å². The number of tetrazole rings is 1. The summed E-state index contributed by atoms with van der Waals surface area (Å²) in [4.78, 5) is 18.0. The summed E-state index contributed by atoms with van der Waals surface area (Å²) in [5.41, 5.74) is 1.89. The molecule has 56 heavy (non-hydrogen) atoms. The van der Waals surface area contributed by atoms with Crippen molar-refractivity contribution in [1.82, 2.24) is 29.8 Å². The molecule has 8 nitrogen and oxygen atoms in total. The molecule has 0 aliphatic carbocycles. The van der Waals surface area contributed by atoms with E-state index in [2.05, 4.69) is 20.0 Å². The topological polar surface area (TPSA) is 87.7 Å². The Morgan fingerprint density at radius 1 is 0.696 bits per heavy atom. The highest BCUT2D eigenvalue weighted by Gasteiger charge is 2.62. The molecule has 0 spiro atoms. The summed E-state index contributed by atoms with van der Waals surface area (Å²) >= 11 is 0. The molecule has 0 saturated heterocycles. The van der Waals surface area contributed by atoms with Crippen molar-refractivity contribution < 1.29 is 31.5 Å². The smallest absolute Gasteiger partial charge is 0.459 e. The third kappa shape index (κ3) is 6.73. The van der Waals surface area contributed by atoms with Crippen molar-refractivity contribution in [3.05, 3.63) is 179 Å². The third-order valence-electron chi connectivity index (χ3n) is 9.61. The Hall–Kier alpha value is -6.50. The quantitative estimate of drug-likeness (QED) is 0.0701. The number of nitrogens with zero attached hydrogens (tertiary/aromatic N) is 6. The van der Waals surface area contributed by atoms with E-state index >= 15 is 0 Å². The van der Waals surface area contributed by atoms with E-state index in [4.69, 9.17) is 5.10 Å². The van der Waals surface area contributed by atoms with Crippen molar-refractivity contribution in [3.63, 3.8) is 0 Å². The number of carbonyl (C=O) groups excluding carboxylic acids is 1. The Morgan fingerprint density at radius 2 is 1.21 bits per heavy atom. The fourth-order valence-electron chi connectivity index (χ4n) is 6.99. The van der Waals surface area contributed by atoms with Crippen LogP contribution in [0.4, 0.5) is 22.0 Å². The molecule has 5 aromatic carbocycles. The van der Waals surface area contributed by atoms with Gasteiger partial charge in [0.15, 0.2) is 16.9 Å². The van der Waals surface area contributed by atoms with E-state index in [1.54, 1.807) is 36.0 Å². The summed E-state index contributed by atoms with van der Waals surface area (Å²) < 4.78 is 75.7. The minimum Gasteiger partial charge on any atom is -0.464 e. The number of imidazole rings is 1. The van der Waals surface area contributed by atoms with Crippen LogP contribution in [-0.2, 0) is 29.2 Å². The first kappa shape index (κ1) is 37.8. The SMILES string of the molecule is CCCc1nc(C(F)(F)C(F)(F)F)c(C(=O)OC)n1Cc1ccc(-c2ccccc2-c2nnn(C(c3ccccc3)(c3ccccc3)c3ccccc3)n2)cc1. The molecular formula is C43H35F5N6O2. The molecular weight excluding hydrogens is 728 g/mol. The van der Waals surface area contributed by atoms with Crippen LogP contribution in [0.2, 0.25) is 0 Å². The van der Waals surface area contributed by atoms with Crippen LogP contribution in [0.5, 0.6) is 0 Å². The first-order chi connectivity index (χ1) is 27.0. The maximum Gasteiger partial charge on any atom is 0.459 e. The second-order valence-electron chi connectivity index (χ2n) is 13.1. The lowest BCUT2D eigenvalue weighted by Crippen LogP contribution is -2.39. The van der Waals surface area contributed by atoms with Crippen LogP contribution in [-0.4, -0.2) is 49.0 Å². The Kier molecular flexibility index (Phi) is 10.3. The fraction of sp³-hybridized carbons (Fsp3) is 0.186. The van der Waals surface area contributed by atoms with E-state index in [-0.39, 0.29) is 18.8 Å². The van der Waals surface area contributed by atoms with Crippen molar-refractivity contribution in [2.45, 2.75) is 43.9 Å². The Bertz CT molecular complexity index is 2330. The number of rotatable bonds is 12. The van der Waals surface area contributed by atoms with Gasteiger partial charge in [0.1, 0.15) is 5.82 Å².